The molecule has 0 radical (unpaired) electrons. The van der Waals surface area contributed by atoms with E-state index in [9.17, 15) is 9.13 Å². The van der Waals surface area contributed by atoms with Crippen molar-refractivity contribution in [2.75, 3.05) is 0 Å². The van der Waals surface area contributed by atoms with Gasteiger partial charge in [-0.15, -0.1) is 0 Å². The second-order valence-corrected chi connectivity index (χ2v) is 5.81. The monoisotopic (exact) mass is 228 g/mol. The Morgan fingerprint density at radius 1 is 1.60 bits per heavy atom. The molecule has 2 unspecified atom stereocenters. The summed E-state index contributed by atoms with van der Waals surface area (Å²) in [5.74, 6) is 0. The largest absolute Gasteiger partial charge is 0.367 e. The molecular weight excluding hydrogens is 225 g/mol. The molecule has 0 rings (SSSR count). The summed E-state index contributed by atoms with van der Waals surface area (Å²) in [7, 11) is -7.78. The summed E-state index contributed by atoms with van der Waals surface area (Å²) in [5, 5.41) is 0. The molecule has 0 spiro atoms. The third-order valence-electron chi connectivity index (χ3n) is 0.456. The van der Waals surface area contributed by atoms with Crippen LogP contribution in [-0.4, -0.2) is 14.4 Å². The van der Waals surface area contributed by atoms with Gasteiger partial charge in [-0.1, -0.05) is 23.2 Å². The van der Waals surface area contributed by atoms with Crippen LogP contribution in [0.25, 0.3) is 0 Å². The SMILES string of the molecule is O=[PH](O)OP(=O)(O)C(Cl)Cl. The molecule has 2 atom stereocenters. The van der Waals surface area contributed by atoms with E-state index in [0.29, 0.717) is 0 Å². The molecule has 0 amide bonds. The van der Waals surface area contributed by atoms with Crippen LogP contribution in [0.3, 0.4) is 0 Å². The van der Waals surface area contributed by atoms with E-state index < -0.39 is 20.4 Å². The highest BCUT2D eigenvalue weighted by Gasteiger charge is 2.30. The molecule has 0 aromatic heterocycles. The van der Waals surface area contributed by atoms with Gasteiger partial charge in [0.2, 0.25) is 4.58 Å². The molecule has 0 bridgehead atoms. The molecule has 62 valence electrons. The average molecular weight is 229 g/mol. The molecule has 0 aromatic carbocycles. The molecule has 0 saturated carbocycles. The van der Waals surface area contributed by atoms with Gasteiger partial charge >= 0.3 is 15.9 Å². The van der Waals surface area contributed by atoms with Gasteiger partial charge in [0.25, 0.3) is 0 Å². The summed E-state index contributed by atoms with van der Waals surface area (Å²) in [4.78, 5) is 16.5. The van der Waals surface area contributed by atoms with Gasteiger partial charge < -0.3 is 9.79 Å². The second-order valence-electron chi connectivity index (χ2n) is 1.20. The van der Waals surface area contributed by atoms with Crippen LogP contribution in [0.4, 0.5) is 0 Å². The van der Waals surface area contributed by atoms with Crippen molar-refractivity contribution in [1.82, 2.24) is 0 Å². The minimum atomic E-state index is -4.31. The summed E-state index contributed by atoms with van der Waals surface area (Å²) in [6, 6.07) is 0. The van der Waals surface area contributed by atoms with Crippen molar-refractivity contribution in [2.24, 2.45) is 0 Å². The van der Waals surface area contributed by atoms with Gasteiger partial charge in [0.15, 0.2) is 0 Å². The molecule has 2 N–H and O–H groups in total. The highest BCUT2D eigenvalue weighted by molar-refractivity contribution is 7.63. The zero-order chi connectivity index (χ0) is 8.36. The summed E-state index contributed by atoms with van der Waals surface area (Å²) in [6.07, 6.45) is 0. The van der Waals surface area contributed by atoms with E-state index in [1.807, 2.05) is 0 Å². The summed E-state index contributed by atoms with van der Waals surface area (Å²) < 4.78 is 22.2. The Hall–Kier alpha value is 0.920. The Kier molecular flexibility index (Phi) is 4.45. The highest BCUT2D eigenvalue weighted by Crippen LogP contribution is 2.56. The fraction of sp³-hybridized carbons (Fsp3) is 1.00. The van der Waals surface area contributed by atoms with Crippen molar-refractivity contribution >= 4 is 39.1 Å². The standard InChI is InChI=1S/CH4Cl2O5P2/c2-1(3)10(6,7)8-9(4)5/h1,9H,(H,4,5)(H,6,7). The number of hydrogen-bond acceptors (Lipinski definition) is 3. The molecule has 0 saturated heterocycles. The van der Waals surface area contributed by atoms with Gasteiger partial charge in [-0.2, -0.15) is 0 Å². The Balaban J connectivity index is 4.14. The molecular formula is CH4Cl2O5P2. The van der Waals surface area contributed by atoms with Crippen molar-refractivity contribution in [1.29, 1.82) is 0 Å². The van der Waals surface area contributed by atoms with Gasteiger partial charge in [0, 0.05) is 0 Å². The van der Waals surface area contributed by atoms with Gasteiger partial charge in [0.1, 0.15) is 0 Å². The van der Waals surface area contributed by atoms with Crippen LogP contribution in [0, 0.1) is 0 Å². The minimum Gasteiger partial charge on any atom is -0.326 e. The Labute approximate surface area is 67.4 Å². The van der Waals surface area contributed by atoms with Crippen LogP contribution in [-0.2, 0) is 13.4 Å². The van der Waals surface area contributed by atoms with Gasteiger partial charge in [-0.3, -0.25) is 9.13 Å². The van der Waals surface area contributed by atoms with E-state index in [1.165, 1.54) is 0 Å². The van der Waals surface area contributed by atoms with Crippen LogP contribution in [0.2, 0.25) is 0 Å². The number of alkyl halides is 2. The average Bonchev–Trinajstić information content (AvgIpc) is 1.60. The lowest BCUT2D eigenvalue weighted by molar-refractivity contribution is 0.352. The zero-order valence-electron chi connectivity index (χ0n) is 4.40. The molecule has 0 aromatic rings. The smallest absolute Gasteiger partial charge is 0.326 e. The first-order chi connectivity index (χ1) is 4.36. The maximum absolute atomic E-state index is 10.5. The van der Waals surface area contributed by atoms with Crippen LogP contribution in [0.5, 0.6) is 0 Å². The molecule has 0 aliphatic heterocycles. The third kappa shape index (κ3) is 3.94. The van der Waals surface area contributed by atoms with E-state index in [-0.39, 0.29) is 0 Å². The van der Waals surface area contributed by atoms with Crippen molar-refractivity contribution in [2.45, 2.75) is 4.58 Å². The number of rotatable bonds is 3. The fourth-order valence-corrected chi connectivity index (χ4v) is 2.08. The van der Waals surface area contributed by atoms with Crippen LogP contribution in [0.1, 0.15) is 0 Å². The van der Waals surface area contributed by atoms with Crippen molar-refractivity contribution in [3.8, 4) is 0 Å². The normalized spacial score (nSPS) is 20.5. The topological polar surface area (TPSA) is 83.8 Å². The summed E-state index contributed by atoms with van der Waals surface area (Å²) >= 11 is 9.81. The third-order valence-corrected chi connectivity index (χ3v) is 4.10. The predicted molar refractivity (Wildman–Crippen MR) is 37.6 cm³/mol. The van der Waals surface area contributed by atoms with Gasteiger partial charge in [0.05, 0.1) is 0 Å². The summed E-state index contributed by atoms with van der Waals surface area (Å²) in [5.41, 5.74) is 0. The Bertz CT molecular complexity index is 178. The van der Waals surface area contributed by atoms with E-state index in [2.05, 4.69) is 4.31 Å². The van der Waals surface area contributed by atoms with Crippen LogP contribution >= 0.6 is 39.1 Å². The fourth-order valence-electron chi connectivity index (χ4n) is 0.152. The molecule has 0 aliphatic carbocycles. The van der Waals surface area contributed by atoms with Crippen molar-refractivity contribution < 1.29 is 23.2 Å². The molecule has 0 aliphatic rings. The van der Waals surface area contributed by atoms with Gasteiger partial charge in [-0.25, -0.2) is 4.31 Å². The lowest BCUT2D eigenvalue weighted by Gasteiger charge is -2.08. The zero-order valence-corrected chi connectivity index (χ0v) is 7.81. The number of hydrogen-bond donors (Lipinski definition) is 2. The highest BCUT2D eigenvalue weighted by atomic mass is 35.5. The van der Waals surface area contributed by atoms with Crippen LogP contribution < -0.4 is 0 Å². The molecule has 0 heterocycles. The molecule has 10 heavy (non-hydrogen) atoms. The maximum Gasteiger partial charge on any atom is 0.367 e. The summed E-state index contributed by atoms with van der Waals surface area (Å²) in [6.45, 7) is 0. The van der Waals surface area contributed by atoms with Crippen LogP contribution in [0.15, 0.2) is 0 Å². The van der Waals surface area contributed by atoms with E-state index in [4.69, 9.17) is 33.0 Å². The molecule has 9 heteroatoms. The second kappa shape index (κ2) is 4.07. The minimum absolute atomic E-state index is 1.70. The first-order valence-corrected chi connectivity index (χ1v) is 5.67. The van der Waals surface area contributed by atoms with E-state index >= 15 is 0 Å². The first-order valence-electron chi connectivity index (χ1n) is 1.89. The predicted octanol–water partition coefficient (Wildman–Crippen LogP) is 1.33. The van der Waals surface area contributed by atoms with Gasteiger partial charge in [-0.05, 0) is 0 Å². The Morgan fingerprint density at radius 2 is 2.00 bits per heavy atom. The van der Waals surface area contributed by atoms with E-state index in [1.54, 1.807) is 0 Å². The van der Waals surface area contributed by atoms with E-state index in [0.717, 1.165) is 0 Å². The first kappa shape index (κ1) is 10.9. The molecule has 0 fully saturated rings. The molecule has 5 nitrogen and oxygen atoms in total. The van der Waals surface area contributed by atoms with Crippen molar-refractivity contribution in [3.63, 3.8) is 0 Å². The van der Waals surface area contributed by atoms with Crippen molar-refractivity contribution in [3.05, 3.63) is 0 Å². The lowest BCUT2D eigenvalue weighted by atomic mass is 11.9. The maximum atomic E-state index is 10.5. The lowest BCUT2D eigenvalue weighted by Crippen LogP contribution is -1.90. The Morgan fingerprint density at radius 3 is 2.10 bits per heavy atom. The number of halogens is 2. The quantitative estimate of drug-likeness (QED) is 0.563.